The minimum absolute atomic E-state index is 0.0663. The van der Waals surface area contributed by atoms with Gasteiger partial charge >= 0.3 is 5.97 Å². The molecule has 2 heterocycles. The minimum atomic E-state index is -1.18. The zero-order valence-electron chi connectivity index (χ0n) is 18.0. The first-order chi connectivity index (χ1) is 16.4. The smallest absolute Gasteiger partial charge is 0.335 e. The van der Waals surface area contributed by atoms with E-state index in [0.717, 1.165) is 17.4 Å². The lowest BCUT2D eigenvalue weighted by Crippen LogP contribution is -2.15. The summed E-state index contributed by atoms with van der Waals surface area (Å²) in [5.41, 5.74) is 1.91. The van der Waals surface area contributed by atoms with Gasteiger partial charge in [-0.25, -0.2) is 19.2 Å². The number of hydrogen-bond acceptors (Lipinski definition) is 6. The third kappa shape index (κ3) is 4.99. The molecule has 170 valence electrons. The molecular weight excluding hydrogens is 439 g/mol. The van der Waals surface area contributed by atoms with Gasteiger partial charge < -0.3 is 15.2 Å². The van der Waals surface area contributed by atoms with Crippen LogP contribution in [0.2, 0.25) is 0 Å². The summed E-state index contributed by atoms with van der Waals surface area (Å²) < 4.78 is 20.9. The Morgan fingerprint density at radius 1 is 1.09 bits per heavy atom. The molecule has 0 bridgehead atoms. The van der Waals surface area contributed by atoms with Crippen molar-refractivity contribution >= 4 is 29.8 Å². The molecule has 0 aliphatic rings. The zero-order valence-corrected chi connectivity index (χ0v) is 18.0. The maximum Gasteiger partial charge on any atom is 0.335 e. The number of rotatable bonds is 7. The molecule has 0 saturated heterocycles. The summed E-state index contributed by atoms with van der Waals surface area (Å²) in [6.45, 7) is 0. The standard InChI is InChI=1S/C25H19FN4O4/c1-34-21-13-18(24(32)33)12-17(23(21)26)6-5-16-14-27-25(28-15-16)29-19-7-9-20(10-8-19)30-11-3-2-4-22(30)31/h2-15H,1H3,(H,32,33)(H,27,28,29). The number of nitrogens with one attached hydrogen (secondary N) is 1. The molecule has 0 aliphatic heterocycles. The van der Waals surface area contributed by atoms with E-state index < -0.39 is 11.8 Å². The number of halogens is 1. The second kappa shape index (κ2) is 9.78. The van der Waals surface area contributed by atoms with E-state index in [2.05, 4.69) is 15.3 Å². The number of carboxylic acid groups (broad SMARTS) is 1. The fraction of sp³-hybridized carbons (Fsp3) is 0.0400. The highest BCUT2D eigenvalue weighted by Gasteiger charge is 2.13. The molecule has 34 heavy (non-hydrogen) atoms. The normalized spacial score (nSPS) is 10.9. The second-order valence-electron chi connectivity index (χ2n) is 7.14. The third-order valence-corrected chi connectivity index (χ3v) is 4.89. The van der Waals surface area contributed by atoms with Crippen molar-refractivity contribution in [2.75, 3.05) is 12.4 Å². The van der Waals surface area contributed by atoms with Crippen LogP contribution in [-0.4, -0.2) is 32.7 Å². The Morgan fingerprint density at radius 3 is 2.47 bits per heavy atom. The lowest BCUT2D eigenvalue weighted by atomic mass is 10.1. The van der Waals surface area contributed by atoms with Crippen LogP contribution in [0.5, 0.6) is 5.75 Å². The fourth-order valence-corrected chi connectivity index (χ4v) is 3.16. The molecule has 2 N–H and O–H groups in total. The van der Waals surface area contributed by atoms with E-state index in [0.29, 0.717) is 11.5 Å². The number of aromatic carboxylic acids is 1. The van der Waals surface area contributed by atoms with Crippen LogP contribution in [-0.2, 0) is 0 Å². The van der Waals surface area contributed by atoms with Crippen molar-refractivity contribution in [3.8, 4) is 11.4 Å². The van der Waals surface area contributed by atoms with E-state index in [9.17, 15) is 19.1 Å². The number of carboxylic acids is 1. The van der Waals surface area contributed by atoms with Gasteiger partial charge in [-0.15, -0.1) is 0 Å². The average molecular weight is 458 g/mol. The molecule has 4 aromatic rings. The first-order valence-electron chi connectivity index (χ1n) is 10.1. The molecule has 2 aromatic heterocycles. The lowest BCUT2D eigenvalue weighted by Gasteiger charge is -2.08. The number of hydrogen-bond donors (Lipinski definition) is 2. The molecular formula is C25H19FN4O4. The van der Waals surface area contributed by atoms with E-state index in [1.807, 2.05) is 0 Å². The van der Waals surface area contributed by atoms with Crippen molar-refractivity contribution in [2.45, 2.75) is 0 Å². The number of nitrogens with zero attached hydrogens (tertiary/aromatic N) is 3. The molecule has 0 atom stereocenters. The number of aromatic nitrogens is 3. The van der Waals surface area contributed by atoms with Crippen LogP contribution in [0.25, 0.3) is 17.8 Å². The molecule has 0 unspecified atom stereocenters. The SMILES string of the molecule is COc1cc(C(=O)O)cc(C=Cc2cnc(Nc3ccc(-n4ccccc4=O)cc3)nc2)c1F. The van der Waals surface area contributed by atoms with Gasteiger partial charge in [0.2, 0.25) is 5.95 Å². The Morgan fingerprint density at radius 2 is 1.82 bits per heavy atom. The Labute approximate surface area is 193 Å². The molecule has 0 aliphatic carbocycles. The maximum atomic E-state index is 14.5. The van der Waals surface area contributed by atoms with Gasteiger partial charge in [-0.2, -0.15) is 0 Å². The Hall–Kier alpha value is -4.79. The molecule has 0 radical (unpaired) electrons. The van der Waals surface area contributed by atoms with Crippen LogP contribution in [0.3, 0.4) is 0 Å². The van der Waals surface area contributed by atoms with Gasteiger partial charge in [-0.05, 0) is 42.5 Å². The first-order valence-corrected chi connectivity index (χ1v) is 10.1. The van der Waals surface area contributed by atoms with Crippen molar-refractivity contribution < 1.29 is 19.0 Å². The van der Waals surface area contributed by atoms with Crippen molar-refractivity contribution in [2.24, 2.45) is 0 Å². The van der Waals surface area contributed by atoms with E-state index >= 15 is 0 Å². The van der Waals surface area contributed by atoms with Gasteiger partial charge in [0.25, 0.3) is 5.56 Å². The summed E-state index contributed by atoms with van der Waals surface area (Å²) in [4.78, 5) is 31.7. The van der Waals surface area contributed by atoms with E-state index in [4.69, 9.17) is 4.74 Å². The number of pyridine rings is 1. The highest BCUT2D eigenvalue weighted by atomic mass is 19.1. The highest BCUT2D eigenvalue weighted by molar-refractivity contribution is 5.89. The quantitative estimate of drug-likeness (QED) is 0.423. The Kier molecular flexibility index (Phi) is 6.45. The number of ether oxygens (including phenoxy) is 1. The number of methoxy groups -OCH3 is 1. The highest BCUT2D eigenvalue weighted by Crippen LogP contribution is 2.25. The van der Waals surface area contributed by atoms with Crippen molar-refractivity contribution in [3.63, 3.8) is 0 Å². The lowest BCUT2D eigenvalue weighted by molar-refractivity contribution is 0.0696. The fourth-order valence-electron chi connectivity index (χ4n) is 3.16. The van der Waals surface area contributed by atoms with Gasteiger partial charge in [-0.1, -0.05) is 18.2 Å². The van der Waals surface area contributed by atoms with Crippen LogP contribution < -0.4 is 15.6 Å². The first kappa shape index (κ1) is 22.4. The molecule has 0 fully saturated rings. The van der Waals surface area contributed by atoms with Crippen LogP contribution >= 0.6 is 0 Å². The van der Waals surface area contributed by atoms with Crippen LogP contribution in [0, 0.1) is 5.82 Å². The monoisotopic (exact) mass is 458 g/mol. The maximum absolute atomic E-state index is 14.5. The molecule has 4 rings (SSSR count). The van der Waals surface area contributed by atoms with Crippen molar-refractivity contribution in [3.05, 3.63) is 106 Å². The number of anilines is 2. The molecule has 0 saturated carbocycles. The predicted molar refractivity (Wildman–Crippen MR) is 126 cm³/mol. The topological polar surface area (TPSA) is 106 Å². The molecule has 9 heteroatoms. The molecule has 2 aromatic carbocycles. The number of carbonyl (C=O) groups is 1. The zero-order chi connectivity index (χ0) is 24.1. The predicted octanol–water partition coefficient (Wildman–Crippen LogP) is 4.39. The van der Waals surface area contributed by atoms with E-state index in [1.54, 1.807) is 61.1 Å². The van der Waals surface area contributed by atoms with E-state index in [-0.39, 0.29) is 22.4 Å². The molecule has 0 spiro atoms. The van der Waals surface area contributed by atoms with Gasteiger partial charge in [-0.3, -0.25) is 9.36 Å². The summed E-state index contributed by atoms with van der Waals surface area (Å²) in [5, 5.41) is 12.3. The van der Waals surface area contributed by atoms with Gasteiger partial charge in [0, 0.05) is 47.2 Å². The largest absolute Gasteiger partial charge is 0.494 e. The van der Waals surface area contributed by atoms with Crippen molar-refractivity contribution in [1.29, 1.82) is 0 Å². The summed E-state index contributed by atoms with van der Waals surface area (Å²) in [6, 6.07) is 14.5. The third-order valence-electron chi connectivity index (χ3n) is 4.89. The van der Waals surface area contributed by atoms with E-state index in [1.165, 1.54) is 29.9 Å². The summed E-state index contributed by atoms with van der Waals surface area (Å²) in [5.74, 6) is -1.65. The number of benzene rings is 2. The van der Waals surface area contributed by atoms with Crippen LogP contribution in [0.4, 0.5) is 16.0 Å². The Balaban J connectivity index is 1.47. The van der Waals surface area contributed by atoms with Gasteiger partial charge in [0.05, 0.1) is 12.7 Å². The second-order valence-corrected chi connectivity index (χ2v) is 7.14. The van der Waals surface area contributed by atoms with Crippen molar-refractivity contribution in [1.82, 2.24) is 14.5 Å². The summed E-state index contributed by atoms with van der Waals surface area (Å²) in [7, 11) is 1.27. The van der Waals surface area contributed by atoms with Crippen LogP contribution in [0.15, 0.2) is 78.0 Å². The molecule has 0 amide bonds. The Bertz CT molecular complexity index is 1410. The van der Waals surface area contributed by atoms with Gasteiger partial charge in [0.15, 0.2) is 11.6 Å². The van der Waals surface area contributed by atoms with Crippen LogP contribution in [0.1, 0.15) is 21.5 Å². The summed E-state index contributed by atoms with van der Waals surface area (Å²) >= 11 is 0. The molecule has 8 nitrogen and oxygen atoms in total. The summed E-state index contributed by atoms with van der Waals surface area (Å²) in [6.07, 6.45) is 7.78. The minimum Gasteiger partial charge on any atom is -0.494 e. The van der Waals surface area contributed by atoms with Gasteiger partial charge in [0.1, 0.15) is 0 Å². The average Bonchev–Trinajstić information content (AvgIpc) is 2.85.